The van der Waals surface area contributed by atoms with E-state index in [1.807, 2.05) is 0 Å². The second-order valence-electron chi connectivity index (χ2n) is 8.06. The average molecular weight is 537 g/mol. The van der Waals surface area contributed by atoms with Crippen LogP contribution in [0.15, 0.2) is 36.8 Å². The molecule has 15 heteroatoms. The van der Waals surface area contributed by atoms with E-state index in [0.29, 0.717) is 11.3 Å². The number of imidazole rings is 1. The van der Waals surface area contributed by atoms with E-state index in [2.05, 4.69) is 38.5 Å². The van der Waals surface area contributed by atoms with Gasteiger partial charge in [0.25, 0.3) is 0 Å². The Morgan fingerprint density at radius 1 is 0.919 bits per heavy atom. The number of aromatic amines is 1. The monoisotopic (exact) mass is 536 g/mol. The fourth-order valence-electron chi connectivity index (χ4n) is 3.18. The molecule has 1 aromatic carbocycles. The van der Waals surface area contributed by atoms with E-state index in [1.54, 1.807) is 0 Å². The first-order valence-electron chi connectivity index (χ1n) is 11.0. The molecule has 0 aliphatic rings. The van der Waals surface area contributed by atoms with Gasteiger partial charge in [-0.05, 0) is 17.7 Å². The van der Waals surface area contributed by atoms with Gasteiger partial charge < -0.3 is 42.0 Å². The fraction of sp³-hybridized carbons (Fsp3) is 0.364. The summed E-state index contributed by atoms with van der Waals surface area (Å²) in [7, 11) is 0. The predicted molar refractivity (Wildman–Crippen MR) is 132 cm³/mol. The van der Waals surface area contributed by atoms with Crippen molar-refractivity contribution in [3.8, 4) is 5.75 Å². The van der Waals surface area contributed by atoms with Gasteiger partial charge in [0.05, 0.1) is 18.8 Å². The second-order valence-corrected chi connectivity index (χ2v) is 8.43. The first-order chi connectivity index (χ1) is 17.5. The molecule has 0 aliphatic heterocycles. The minimum Gasteiger partial charge on any atom is -0.508 e. The van der Waals surface area contributed by atoms with Gasteiger partial charge in [-0.15, -0.1) is 0 Å². The molecule has 0 fully saturated rings. The number of nitrogens with one attached hydrogen (secondary N) is 4. The van der Waals surface area contributed by atoms with Crippen LogP contribution in [0.2, 0.25) is 0 Å². The molecule has 1 aromatic heterocycles. The molecule has 2 aromatic rings. The Hall–Kier alpha value is -4.11. The Labute approximate surface area is 216 Å². The summed E-state index contributed by atoms with van der Waals surface area (Å²) in [6.45, 7) is 0. The highest BCUT2D eigenvalue weighted by atomic mass is 32.1. The Bertz CT molecular complexity index is 1100. The molecule has 2 rings (SSSR count). The smallest absolute Gasteiger partial charge is 0.326 e. The maximum absolute atomic E-state index is 13.1. The zero-order chi connectivity index (χ0) is 27.5. The number of carboxylic acid groups (broad SMARTS) is 2. The molecule has 4 atom stereocenters. The van der Waals surface area contributed by atoms with Crippen LogP contribution in [-0.4, -0.2) is 84.9 Å². The number of aliphatic carboxylic acids is 2. The van der Waals surface area contributed by atoms with Gasteiger partial charge >= 0.3 is 11.9 Å². The number of hydrogen-bond acceptors (Lipinski definition) is 9. The number of amides is 3. The minimum absolute atomic E-state index is 0.0136. The van der Waals surface area contributed by atoms with Gasteiger partial charge in [-0.25, -0.2) is 9.78 Å². The Kier molecular flexibility index (Phi) is 10.9. The zero-order valence-corrected chi connectivity index (χ0v) is 20.4. The molecule has 0 saturated carbocycles. The molecule has 3 amide bonds. The summed E-state index contributed by atoms with van der Waals surface area (Å²) in [4.78, 5) is 67.8. The fourth-order valence-corrected chi connectivity index (χ4v) is 3.35. The van der Waals surface area contributed by atoms with Crippen molar-refractivity contribution in [2.75, 3.05) is 5.75 Å². The van der Waals surface area contributed by atoms with Crippen molar-refractivity contribution in [3.63, 3.8) is 0 Å². The minimum atomic E-state index is -1.57. The lowest BCUT2D eigenvalue weighted by atomic mass is 10.0. The zero-order valence-electron chi connectivity index (χ0n) is 19.5. The number of thiol groups is 1. The van der Waals surface area contributed by atoms with Crippen molar-refractivity contribution in [2.45, 2.75) is 43.4 Å². The van der Waals surface area contributed by atoms with E-state index in [4.69, 9.17) is 5.73 Å². The van der Waals surface area contributed by atoms with Crippen LogP contribution in [0.3, 0.4) is 0 Å². The van der Waals surface area contributed by atoms with Crippen LogP contribution in [0.25, 0.3) is 0 Å². The van der Waals surface area contributed by atoms with Crippen LogP contribution < -0.4 is 21.7 Å². The maximum atomic E-state index is 13.1. The molecule has 37 heavy (non-hydrogen) atoms. The standard InChI is InChI=1S/C22H28N6O8S/c23-14(9-37)19(32)26-16(7-18(30)31)21(34)27-15(6-12-8-24-10-25-12)20(33)28-17(22(35)36)5-11-1-3-13(29)4-2-11/h1-4,8,10,14-17,29,37H,5-7,9,23H2,(H,24,25)(H,26,32)(H,27,34)(H,28,33)(H,30,31)(H,35,36). The quantitative estimate of drug-likeness (QED) is 0.122. The van der Waals surface area contributed by atoms with E-state index in [9.17, 15) is 39.3 Å². The summed E-state index contributed by atoms with van der Waals surface area (Å²) >= 11 is 3.89. The SMILES string of the molecule is NC(CS)C(=O)NC(CC(=O)O)C(=O)NC(Cc1cnc[nH]1)C(=O)NC(Cc1ccc(O)cc1)C(=O)O. The van der Waals surface area contributed by atoms with Crippen molar-refractivity contribution in [3.05, 3.63) is 48.0 Å². The van der Waals surface area contributed by atoms with Crippen molar-refractivity contribution in [2.24, 2.45) is 5.73 Å². The molecular weight excluding hydrogens is 508 g/mol. The highest BCUT2D eigenvalue weighted by Gasteiger charge is 2.31. The third kappa shape index (κ3) is 9.46. The number of carbonyl (C=O) groups is 5. The summed E-state index contributed by atoms with van der Waals surface area (Å²) in [6, 6.07) is 0.309. The molecule has 200 valence electrons. The molecule has 0 spiro atoms. The van der Waals surface area contributed by atoms with Gasteiger partial charge in [-0.3, -0.25) is 19.2 Å². The van der Waals surface area contributed by atoms with Crippen LogP contribution >= 0.6 is 12.6 Å². The normalized spacial score (nSPS) is 14.0. The van der Waals surface area contributed by atoms with Crippen molar-refractivity contribution in [1.82, 2.24) is 25.9 Å². The highest BCUT2D eigenvalue weighted by Crippen LogP contribution is 2.12. The van der Waals surface area contributed by atoms with Gasteiger partial charge in [0.2, 0.25) is 17.7 Å². The number of carboxylic acids is 2. The van der Waals surface area contributed by atoms with Gasteiger partial charge in [0.15, 0.2) is 0 Å². The molecule has 9 N–H and O–H groups in total. The van der Waals surface area contributed by atoms with Crippen LogP contribution in [0, 0.1) is 0 Å². The van der Waals surface area contributed by atoms with Crippen LogP contribution in [0.5, 0.6) is 5.75 Å². The Balaban J connectivity index is 2.22. The first-order valence-corrected chi connectivity index (χ1v) is 11.6. The van der Waals surface area contributed by atoms with Crippen molar-refractivity contribution in [1.29, 1.82) is 0 Å². The molecular formula is C22H28N6O8S. The largest absolute Gasteiger partial charge is 0.508 e. The topological polar surface area (TPSA) is 237 Å². The Morgan fingerprint density at radius 2 is 1.51 bits per heavy atom. The van der Waals surface area contributed by atoms with Crippen molar-refractivity contribution >= 4 is 42.3 Å². The van der Waals surface area contributed by atoms with E-state index in [-0.39, 0.29) is 24.3 Å². The molecule has 0 aliphatic carbocycles. The van der Waals surface area contributed by atoms with Crippen molar-refractivity contribution < 1.29 is 39.3 Å². The van der Waals surface area contributed by atoms with Crippen LogP contribution in [-0.2, 0) is 36.8 Å². The summed E-state index contributed by atoms with van der Waals surface area (Å²) in [5.41, 5.74) is 6.51. The molecule has 0 saturated heterocycles. The number of nitrogens with zero attached hydrogens (tertiary/aromatic N) is 1. The summed E-state index contributed by atoms with van der Waals surface area (Å²) in [5.74, 6) is -5.49. The van der Waals surface area contributed by atoms with Gasteiger partial charge in [-0.1, -0.05) is 12.1 Å². The number of phenolic OH excluding ortho intramolecular Hbond substituents is 1. The predicted octanol–water partition coefficient (Wildman–Crippen LogP) is -1.83. The third-order valence-corrected chi connectivity index (χ3v) is 5.54. The summed E-state index contributed by atoms with van der Waals surface area (Å²) in [5, 5.41) is 35.2. The lowest BCUT2D eigenvalue weighted by Crippen LogP contribution is -2.58. The summed E-state index contributed by atoms with van der Waals surface area (Å²) < 4.78 is 0. The molecule has 0 bridgehead atoms. The van der Waals surface area contributed by atoms with E-state index in [0.717, 1.165) is 0 Å². The number of hydrogen-bond donors (Lipinski definition) is 9. The number of aromatic nitrogens is 2. The highest BCUT2D eigenvalue weighted by molar-refractivity contribution is 7.80. The number of phenols is 1. The van der Waals surface area contributed by atoms with E-state index >= 15 is 0 Å². The average Bonchev–Trinajstić information content (AvgIpc) is 3.36. The number of carbonyl (C=O) groups excluding carboxylic acids is 3. The van der Waals surface area contributed by atoms with Crippen LogP contribution in [0.4, 0.5) is 0 Å². The first kappa shape index (κ1) is 29.1. The maximum Gasteiger partial charge on any atom is 0.326 e. The van der Waals surface area contributed by atoms with E-state index in [1.165, 1.54) is 36.8 Å². The molecule has 1 heterocycles. The number of rotatable bonds is 14. The number of nitrogens with two attached hydrogens (primary N) is 1. The Morgan fingerprint density at radius 3 is 2.05 bits per heavy atom. The lowest BCUT2D eigenvalue weighted by molar-refractivity contribution is -0.143. The third-order valence-electron chi connectivity index (χ3n) is 5.15. The molecule has 4 unspecified atom stereocenters. The summed E-state index contributed by atoms with van der Waals surface area (Å²) in [6.07, 6.45) is 1.66. The van der Waals surface area contributed by atoms with Gasteiger partial charge in [0, 0.05) is 30.5 Å². The number of benzene rings is 1. The lowest BCUT2D eigenvalue weighted by Gasteiger charge is -2.24. The number of H-pyrrole nitrogens is 1. The molecule has 0 radical (unpaired) electrons. The van der Waals surface area contributed by atoms with E-state index < -0.39 is 60.2 Å². The molecule has 14 nitrogen and oxygen atoms in total. The van der Waals surface area contributed by atoms with Gasteiger partial charge in [-0.2, -0.15) is 12.6 Å². The number of aromatic hydroxyl groups is 1. The van der Waals surface area contributed by atoms with Crippen LogP contribution in [0.1, 0.15) is 17.7 Å². The van der Waals surface area contributed by atoms with Gasteiger partial charge in [0.1, 0.15) is 23.9 Å². The second kappa shape index (κ2) is 13.8.